The highest BCUT2D eigenvalue weighted by molar-refractivity contribution is 6.10. The van der Waals surface area contributed by atoms with E-state index in [0.29, 0.717) is 0 Å². The number of benzene rings is 7. The lowest BCUT2D eigenvalue weighted by molar-refractivity contribution is 0.781. The largest absolute Gasteiger partial charge is 0.233 e. The van der Waals surface area contributed by atoms with Crippen LogP contribution in [0.1, 0.15) is 40.4 Å². The maximum Gasteiger partial charge on any atom is 0.130 e. The van der Waals surface area contributed by atoms with Crippen molar-refractivity contribution in [1.29, 1.82) is 0 Å². The fraction of sp³-hybridized carbons (Fsp3) is 0.0870. The Balaban J connectivity index is 1.18. The Morgan fingerprint density at radius 3 is 2.08 bits per heavy atom. The van der Waals surface area contributed by atoms with Crippen LogP contribution in [0.3, 0.4) is 0 Å². The Morgan fingerprint density at radius 1 is 0.542 bits per heavy atom. The highest BCUT2D eigenvalue weighted by atomic mass is 14.9. The average Bonchev–Trinajstić information content (AvgIpc) is 3.49. The van der Waals surface area contributed by atoms with Gasteiger partial charge in [-0.3, -0.25) is 0 Å². The van der Waals surface area contributed by atoms with Gasteiger partial charge in [-0.25, -0.2) is 9.97 Å². The zero-order valence-corrected chi connectivity index (χ0v) is 26.5. The summed E-state index contributed by atoms with van der Waals surface area (Å²) < 4.78 is 0. The molecule has 7 aromatic carbocycles. The van der Waals surface area contributed by atoms with Gasteiger partial charge in [0.1, 0.15) is 5.82 Å². The van der Waals surface area contributed by atoms with Crippen molar-refractivity contribution in [3.8, 4) is 33.5 Å². The summed E-state index contributed by atoms with van der Waals surface area (Å²) in [6.07, 6.45) is 7.64. The molecule has 0 saturated carbocycles. The Bertz CT molecular complexity index is 2580. The molecule has 1 atom stereocenters. The Morgan fingerprint density at radius 2 is 1.23 bits per heavy atom. The number of fused-ring (bicyclic) bond motifs is 11. The highest BCUT2D eigenvalue weighted by Crippen LogP contribution is 2.55. The zero-order valence-electron chi connectivity index (χ0n) is 26.5. The van der Waals surface area contributed by atoms with Crippen molar-refractivity contribution in [1.82, 2.24) is 9.97 Å². The summed E-state index contributed by atoms with van der Waals surface area (Å²) in [5, 5.41) is 6.44. The minimum absolute atomic E-state index is 0.139. The summed E-state index contributed by atoms with van der Waals surface area (Å²) >= 11 is 0. The first-order chi connectivity index (χ1) is 23.8. The van der Waals surface area contributed by atoms with E-state index < -0.39 is 0 Å². The van der Waals surface area contributed by atoms with Crippen molar-refractivity contribution < 1.29 is 0 Å². The van der Waals surface area contributed by atoms with Gasteiger partial charge in [-0.1, -0.05) is 146 Å². The van der Waals surface area contributed by atoms with Gasteiger partial charge in [0.05, 0.1) is 11.2 Å². The molecule has 2 nitrogen and oxygen atoms in total. The molecule has 48 heavy (non-hydrogen) atoms. The van der Waals surface area contributed by atoms with Gasteiger partial charge in [0, 0.05) is 23.3 Å². The molecule has 0 spiro atoms. The number of aromatic nitrogens is 2. The van der Waals surface area contributed by atoms with Crippen LogP contribution in [0.2, 0.25) is 0 Å². The van der Waals surface area contributed by atoms with E-state index >= 15 is 0 Å². The highest BCUT2D eigenvalue weighted by Gasteiger charge is 2.36. The first kappa shape index (κ1) is 27.3. The molecule has 2 heteroatoms. The zero-order chi connectivity index (χ0) is 31.6. The van der Waals surface area contributed by atoms with Gasteiger partial charge in [-0.15, -0.1) is 0 Å². The monoisotopic (exact) mass is 612 g/mol. The molecule has 10 rings (SSSR count). The molecule has 226 valence electrons. The second kappa shape index (κ2) is 10.9. The molecular formula is C46H32N2. The van der Waals surface area contributed by atoms with Crippen LogP contribution >= 0.6 is 0 Å². The molecule has 0 saturated heterocycles. The summed E-state index contributed by atoms with van der Waals surface area (Å²) in [6.45, 7) is 0. The predicted octanol–water partition coefficient (Wildman–Crippen LogP) is 11.6. The maximum atomic E-state index is 5.39. The number of hydrogen-bond acceptors (Lipinski definition) is 2. The number of nitrogens with zero attached hydrogens (tertiary/aromatic N) is 2. The van der Waals surface area contributed by atoms with Gasteiger partial charge in [0.25, 0.3) is 0 Å². The van der Waals surface area contributed by atoms with Crippen molar-refractivity contribution in [3.05, 3.63) is 174 Å². The normalized spacial score (nSPS) is 14.7. The first-order valence-electron chi connectivity index (χ1n) is 17.0. The van der Waals surface area contributed by atoms with Gasteiger partial charge in [0.15, 0.2) is 0 Å². The molecule has 2 aliphatic rings. The molecule has 0 aliphatic heterocycles. The predicted molar refractivity (Wildman–Crippen MR) is 200 cm³/mol. The second-order valence-electron chi connectivity index (χ2n) is 13.1. The van der Waals surface area contributed by atoms with Crippen LogP contribution in [0.15, 0.2) is 146 Å². The minimum Gasteiger partial charge on any atom is -0.233 e. The van der Waals surface area contributed by atoms with E-state index in [2.05, 4.69) is 152 Å². The Labute approximate surface area is 280 Å². The van der Waals surface area contributed by atoms with Crippen molar-refractivity contribution in [2.24, 2.45) is 0 Å². The van der Waals surface area contributed by atoms with Crippen molar-refractivity contribution in [3.63, 3.8) is 0 Å². The van der Waals surface area contributed by atoms with E-state index in [1.807, 2.05) is 0 Å². The molecule has 0 N–H and O–H groups in total. The fourth-order valence-corrected chi connectivity index (χ4v) is 8.37. The van der Waals surface area contributed by atoms with E-state index in [9.17, 15) is 0 Å². The summed E-state index contributed by atoms with van der Waals surface area (Å²) in [6, 6.07) is 50.5. The molecule has 0 fully saturated rings. The summed E-state index contributed by atoms with van der Waals surface area (Å²) in [7, 11) is 0. The molecule has 1 unspecified atom stereocenters. The lowest BCUT2D eigenvalue weighted by Gasteiger charge is -2.22. The van der Waals surface area contributed by atoms with Crippen LogP contribution in [0.25, 0.3) is 72.0 Å². The smallest absolute Gasteiger partial charge is 0.130 e. The third-order valence-electron chi connectivity index (χ3n) is 10.5. The average molecular weight is 613 g/mol. The van der Waals surface area contributed by atoms with Gasteiger partial charge in [0.2, 0.25) is 0 Å². The number of hydrogen-bond donors (Lipinski definition) is 0. The standard InChI is InChI=1S/C46H32N2/c1-2-12-29(13-3-1)30-22-24-32(25-23-30)46-39-20-10-11-21-41(39)47-42(48-46)28-40-38-27-26-31-14-4-5-15-33(31)43(38)45-37-19-9-7-17-35(37)34-16-6-8-18-36(34)44(40)45/h1-6,8-16,18-27,40H,7,17,28H2. The molecule has 1 heterocycles. The fourth-order valence-electron chi connectivity index (χ4n) is 8.37. The van der Waals surface area contributed by atoms with Gasteiger partial charge >= 0.3 is 0 Å². The SMILES string of the molecule is C1=Cc2c3c(c4ccccc4c2CC1)C(Cc1nc(-c2ccc(-c4ccccc4)cc2)c2ccccc2n1)c1ccc2ccccc2c1-3. The quantitative estimate of drug-likeness (QED) is 0.198. The van der Waals surface area contributed by atoms with E-state index in [1.54, 1.807) is 0 Å². The topological polar surface area (TPSA) is 25.8 Å². The van der Waals surface area contributed by atoms with E-state index in [1.165, 1.54) is 66.1 Å². The number of rotatable bonds is 4. The molecule has 0 radical (unpaired) electrons. The van der Waals surface area contributed by atoms with Crippen LogP contribution < -0.4 is 0 Å². The van der Waals surface area contributed by atoms with Gasteiger partial charge < -0.3 is 0 Å². The molecular weight excluding hydrogens is 581 g/mol. The van der Waals surface area contributed by atoms with Gasteiger partial charge in [-0.05, 0) is 85.0 Å². The molecule has 0 bridgehead atoms. The van der Waals surface area contributed by atoms with Crippen LogP contribution in [-0.4, -0.2) is 9.97 Å². The molecule has 1 aromatic heterocycles. The van der Waals surface area contributed by atoms with Crippen molar-refractivity contribution >= 4 is 38.5 Å². The van der Waals surface area contributed by atoms with Crippen LogP contribution in [0.4, 0.5) is 0 Å². The number of allylic oxidation sites excluding steroid dienone is 1. The third kappa shape index (κ3) is 4.19. The Kier molecular flexibility index (Phi) is 6.17. The molecule has 2 aliphatic carbocycles. The van der Waals surface area contributed by atoms with E-state index in [-0.39, 0.29) is 5.92 Å². The first-order valence-corrected chi connectivity index (χ1v) is 17.0. The summed E-state index contributed by atoms with van der Waals surface area (Å²) in [5.74, 6) is 1.02. The summed E-state index contributed by atoms with van der Waals surface area (Å²) in [5.41, 5.74) is 14.0. The number of aryl methyl sites for hydroxylation is 1. The lowest BCUT2D eigenvalue weighted by atomic mass is 9.82. The van der Waals surface area contributed by atoms with Crippen LogP contribution in [-0.2, 0) is 12.8 Å². The molecule has 8 aromatic rings. The summed E-state index contributed by atoms with van der Waals surface area (Å²) in [4.78, 5) is 10.6. The third-order valence-corrected chi connectivity index (χ3v) is 10.5. The lowest BCUT2D eigenvalue weighted by Crippen LogP contribution is -2.08. The second-order valence-corrected chi connectivity index (χ2v) is 13.1. The van der Waals surface area contributed by atoms with Crippen molar-refractivity contribution in [2.75, 3.05) is 0 Å². The van der Waals surface area contributed by atoms with Crippen molar-refractivity contribution in [2.45, 2.75) is 25.2 Å². The van der Waals surface area contributed by atoms with Crippen LogP contribution in [0.5, 0.6) is 0 Å². The van der Waals surface area contributed by atoms with Gasteiger partial charge in [-0.2, -0.15) is 0 Å². The molecule has 0 amide bonds. The number of para-hydroxylation sites is 1. The van der Waals surface area contributed by atoms with Crippen LogP contribution in [0, 0.1) is 0 Å². The maximum absolute atomic E-state index is 5.39. The Hall–Kier alpha value is -5.86. The van der Waals surface area contributed by atoms with E-state index in [0.717, 1.165) is 47.2 Å². The minimum atomic E-state index is 0.139. The van der Waals surface area contributed by atoms with E-state index in [4.69, 9.17) is 9.97 Å².